The molecule has 0 saturated carbocycles. The second kappa shape index (κ2) is 6.50. The average Bonchev–Trinajstić information content (AvgIpc) is 2.00. The van der Waals surface area contributed by atoms with E-state index in [9.17, 15) is 9.18 Å². The number of alkyl halides is 1. The van der Waals surface area contributed by atoms with Crippen LogP contribution in [0.1, 0.15) is 13.8 Å². The van der Waals surface area contributed by atoms with Crippen LogP contribution in [-0.2, 0) is 14.1 Å². The molecule has 0 aromatic carbocycles. The molecule has 3 nitrogen and oxygen atoms in total. The third kappa shape index (κ3) is 5.10. The molecule has 2 atom stereocenters. The van der Waals surface area contributed by atoms with Crippen LogP contribution in [0.15, 0.2) is 0 Å². The Morgan fingerprint density at radius 2 is 2.18 bits per heavy atom. The molecule has 0 aromatic rings. The van der Waals surface area contributed by atoms with E-state index < -0.39 is 20.7 Å². The van der Waals surface area contributed by atoms with E-state index in [-0.39, 0.29) is 6.61 Å². The number of carbonyl (C=O) groups is 1. The van der Waals surface area contributed by atoms with Gasteiger partial charge >= 0.3 is 5.97 Å². The van der Waals surface area contributed by atoms with Gasteiger partial charge in [-0.1, -0.05) is 0 Å². The third-order valence-corrected chi connectivity index (χ3v) is 1.72. The Balaban J connectivity index is 3.46. The van der Waals surface area contributed by atoms with E-state index in [2.05, 4.69) is 4.74 Å². The fourth-order valence-electron chi connectivity index (χ4n) is 0.420. The van der Waals surface area contributed by atoms with Gasteiger partial charge in [0.15, 0.2) is 0 Å². The maximum Gasteiger partial charge on any atom is 0.347 e. The van der Waals surface area contributed by atoms with Crippen LogP contribution >= 0.6 is 8.81 Å². The lowest BCUT2D eigenvalue weighted by Gasteiger charge is -2.05. The molecule has 2 unspecified atom stereocenters. The first kappa shape index (κ1) is 10.8. The van der Waals surface area contributed by atoms with Crippen molar-refractivity contribution < 1.29 is 18.4 Å². The molecule has 66 valence electrons. The van der Waals surface area contributed by atoms with Crippen LogP contribution in [0.5, 0.6) is 0 Å². The molecule has 0 saturated heterocycles. The van der Waals surface area contributed by atoms with E-state index in [0.717, 1.165) is 0 Å². The number of hydrogen-bond acceptors (Lipinski definition) is 3. The lowest BCUT2D eigenvalue weighted by atomic mass is 10.7. The van der Waals surface area contributed by atoms with E-state index in [0.29, 0.717) is 6.61 Å². The van der Waals surface area contributed by atoms with Gasteiger partial charge in [0.2, 0.25) is 5.91 Å². The molecule has 5 heteroatoms. The zero-order chi connectivity index (χ0) is 8.69. The zero-order valence-corrected chi connectivity index (χ0v) is 7.59. The lowest BCUT2D eigenvalue weighted by Crippen LogP contribution is -2.14. The van der Waals surface area contributed by atoms with Gasteiger partial charge in [0.25, 0.3) is 0 Å². The number of hydrogen-bond donors (Lipinski definition) is 0. The topological polar surface area (TPSA) is 35.5 Å². The summed E-state index contributed by atoms with van der Waals surface area (Å²) in [5.74, 6) is -2.45. The smallest absolute Gasteiger partial charge is 0.347 e. The molecule has 0 rings (SSSR count). The number of rotatable bonds is 5. The zero-order valence-electron chi connectivity index (χ0n) is 6.59. The minimum absolute atomic E-state index is 0.204. The van der Waals surface area contributed by atoms with Gasteiger partial charge in [0.1, 0.15) is 0 Å². The van der Waals surface area contributed by atoms with Crippen molar-refractivity contribution in [2.75, 3.05) is 13.2 Å². The van der Waals surface area contributed by atoms with Crippen LogP contribution in [0.25, 0.3) is 0 Å². The van der Waals surface area contributed by atoms with Crippen LogP contribution < -0.4 is 0 Å². The summed E-state index contributed by atoms with van der Waals surface area (Å²) in [4.78, 5) is 10.6. The molecule has 0 radical (unpaired) electrons. The van der Waals surface area contributed by atoms with E-state index >= 15 is 0 Å². The van der Waals surface area contributed by atoms with Gasteiger partial charge < -0.3 is 9.26 Å². The predicted octanol–water partition coefficient (Wildman–Crippen LogP) is 1.48. The molecular formula is C6H12FO3P. The summed E-state index contributed by atoms with van der Waals surface area (Å²) < 4.78 is 21.7. The Morgan fingerprint density at radius 3 is 2.64 bits per heavy atom. The Morgan fingerprint density at radius 1 is 1.55 bits per heavy atom. The molecule has 0 aliphatic carbocycles. The van der Waals surface area contributed by atoms with Gasteiger partial charge in [0.05, 0.1) is 15.4 Å². The number of esters is 1. The van der Waals surface area contributed by atoms with Crippen molar-refractivity contribution >= 4 is 14.8 Å². The highest BCUT2D eigenvalue weighted by Gasteiger charge is 2.18. The van der Waals surface area contributed by atoms with Gasteiger partial charge in [-0.25, -0.2) is 9.18 Å². The highest BCUT2D eigenvalue weighted by Crippen LogP contribution is 2.22. The van der Waals surface area contributed by atoms with Crippen LogP contribution in [0.2, 0.25) is 0 Å². The molecule has 11 heavy (non-hydrogen) atoms. The molecule has 0 aliphatic heterocycles. The van der Waals surface area contributed by atoms with Gasteiger partial charge in [0, 0.05) is 6.61 Å². The Kier molecular flexibility index (Phi) is 6.37. The van der Waals surface area contributed by atoms with Crippen molar-refractivity contribution in [3.05, 3.63) is 0 Å². The molecular weight excluding hydrogens is 170 g/mol. The molecule has 0 heterocycles. The van der Waals surface area contributed by atoms with Crippen molar-refractivity contribution in [3.63, 3.8) is 0 Å². The van der Waals surface area contributed by atoms with Crippen LogP contribution in [0, 0.1) is 0 Å². The molecule has 0 aromatic heterocycles. The first-order valence-corrected chi connectivity index (χ1v) is 4.39. The van der Waals surface area contributed by atoms with E-state index in [1.54, 1.807) is 13.8 Å². The Bertz CT molecular complexity index is 120. The third-order valence-electron chi connectivity index (χ3n) is 0.825. The van der Waals surface area contributed by atoms with Crippen molar-refractivity contribution in [2.45, 2.75) is 19.8 Å². The summed E-state index contributed by atoms with van der Waals surface area (Å²) in [7, 11) is -0.445. The standard InChI is InChI=1S/C6H12FO3P/c1-3-9-6(8)5(7)11-10-4-2/h5,11H,3-4H2,1-2H3. The van der Waals surface area contributed by atoms with Gasteiger partial charge in [-0.3, -0.25) is 0 Å². The van der Waals surface area contributed by atoms with Crippen LogP contribution in [0.3, 0.4) is 0 Å². The predicted molar refractivity (Wildman–Crippen MR) is 41.5 cm³/mol. The first-order valence-electron chi connectivity index (χ1n) is 3.40. The van der Waals surface area contributed by atoms with Gasteiger partial charge in [-0.2, -0.15) is 0 Å². The SMILES string of the molecule is CCOPC(F)C(=O)OCC. The van der Waals surface area contributed by atoms with Gasteiger partial charge in [-0.05, 0) is 13.8 Å². The van der Waals surface area contributed by atoms with Crippen molar-refractivity contribution in [1.82, 2.24) is 0 Å². The van der Waals surface area contributed by atoms with Gasteiger partial charge in [-0.15, -0.1) is 0 Å². The second-order valence-electron chi connectivity index (χ2n) is 1.67. The van der Waals surface area contributed by atoms with Crippen molar-refractivity contribution in [3.8, 4) is 0 Å². The number of ether oxygens (including phenoxy) is 1. The molecule has 0 N–H and O–H groups in total. The highest BCUT2D eigenvalue weighted by atomic mass is 31.1. The molecule has 0 aliphatic rings. The maximum atomic E-state index is 12.6. The summed E-state index contributed by atoms with van der Waals surface area (Å²) in [5, 5.41) is 0. The minimum Gasteiger partial charge on any atom is -0.464 e. The Hall–Kier alpha value is -0.210. The van der Waals surface area contributed by atoms with E-state index in [4.69, 9.17) is 4.52 Å². The molecule has 0 fully saturated rings. The first-order chi connectivity index (χ1) is 5.22. The lowest BCUT2D eigenvalue weighted by molar-refractivity contribution is -0.145. The molecule has 0 bridgehead atoms. The van der Waals surface area contributed by atoms with Crippen LogP contribution in [-0.4, -0.2) is 25.1 Å². The normalized spacial score (nSPS) is 13.7. The maximum absolute atomic E-state index is 12.6. The largest absolute Gasteiger partial charge is 0.464 e. The fourth-order valence-corrected chi connectivity index (χ4v) is 0.913. The Labute approximate surface area is 67.1 Å². The minimum atomic E-state index is -1.62. The van der Waals surface area contributed by atoms with Crippen molar-refractivity contribution in [1.29, 1.82) is 0 Å². The summed E-state index contributed by atoms with van der Waals surface area (Å²) in [6, 6.07) is 0. The second-order valence-corrected chi connectivity index (χ2v) is 2.70. The number of halogens is 1. The van der Waals surface area contributed by atoms with E-state index in [1.807, 2.05) is 0 Å². The molecule has 0 amide bonds. The molecule has 0 spiro atoms. The summed E-state index contributed by atoms with van der Waals surface area (Å²) >= 11 is 0. The summed E-state index contributed by atoms with van der Waals surface area (Å²) in [6.45, 7) is 3.99. The number of carbonyl (C=O) groups excluding carboxylic acids is 1. The van der Waals surface area contributed by atoms with E-state index in [1.165, 1.54) is 0 Å². The fraction of sp³-hybridized carbons (Fsp3) is 0.833. The van der Waals surface area contributed by atoms with Crippen LogP contribution in [0.4, 0.5) is 4.39 Å². The van der Waals surface area contributed by atoms with Crippen molar-refractivity contribution in [2.24, 2.45) is 0 Å². The summed E-state index contributed by atoms with van der Waals surface area (Å²) in [6.07, 6.45) is 0. The summed E-state index contributed by atoms with van der Waals surface area (Å²) in [5.41, 5.74) is 0. The average molecular weight is 182 g/mol. The monoisotopic (exact) mass is 182 g/mol. The quantitative estimate of drug-likeness (QED) is 0.477. The highest BCUT2D eigenvalue weighted by molar-refractivity contribution is 7.34.